The van der Waals surface area contributed by atoms with E-state index in [1.807, 2.05) is 13.7 Å². The number of hydrogen-bond acceptors (Lipinski definition) is 3. The number of phenolic OH excluding ortho intramolecular Hbond substituents is 1. The third-order valence-corrected chi connectivity index (χ3v) is 3.17. The Bertz CT molecular complexity index is 407. The summed E-state index contributed by atoms with van der Waals surface area (Å²) < 4.78 is 13.3. The molecular weight excluding hydrogens is 242 g/mol. The number of phenols is 1. The molecule has 0 aliphatic heterocycles. The van der Waals surface area contributed by atoms with Gasteiger partial charge in [0.1, 0.15) is 18.4 Å². The number of aromatic hydroxyl groups is 1. The van der Waals surface area contributed by atoms with Crippen molar-refractivity contribution < 1.29 is 19.1 Å². The van der Waals surface area contributed by atoms with Crippen molar-refractivity contribution in [3.63, 3.8) is 0 Å². The lowest BCUT2D eigenvalue weighted by Crippen LogP contribution is -2.00. The first-order valence-corrected chi connectivity index (χ1v) is 5.71. The number of benzene rings is 1. The van der Waals surface area contributed by atoms with E-state index >= 15 is 0 Å². The molecule has 1 aromatic rings. The van der Waals surface area contributed by atoms with Crippen LogP contribution in [0.1, 0.15) is 41.8 Å². The van der Waals surface area contributed by atoms with E-state index < -0.39 is 5.82 Å². The molecule has 0 fully saturated rings. The first-order valence-electron chi connectivity index (χ1n) is 5.05. The van der Waals surface area contributed by atoms with Crippen LogP contribution >= 0.6 is 9.24 Å². The van der Waals surface area contributed by atoms with E-state index in [2.05, 4.69) is 9.24 Å². The van der Waals surface area contributed by atoms with Gasteiger partial charge in [0.15, 0.2) is 5.78 Å². The zero-order valence-electron chi connectivity index (χ0n) is 9.87. The molecule has 0 bridgehead atoms. The molecule has 0 amide bonds. The van der Waals surface area contributed by atoms with Crippen molar-refractivity contribution in [2.24, 2.45) is 0 Å². The lowest BCUT2D eigenvalue weighted by Gasteiger charge is -2.12. The zero-order chi connectivity index (χ0) is 13.6. The summed E-state index contributed by atoms with van der Waals surface area (Å²) in [6, 6.07) is 2.42. The maximum Gasteiger partial charge on any atom is 0.162 e. The number of carbonyl (C=O) groups is 2. The lowest BCUT2D eigenvalue weighted by molar-refractivity contribution is -0.0980. The third-order valence-electron chi connectivity index (χ3n) is 2.33. The molecule has 17 heavy (non-hydrogen) atoms. The second-order valence-electron chi connectivity index (χ2n) is 3.46. The lowest BCUT2D eigenvalue weighted by atomic mass is 10.0. The highest BCUT2D eigenvalue weighted by molar-refractivity contribution is 7.17. The molecule has 0 spiro atoms. The van der Waals surface area contributed by atoms with Gasteiger partial charge in [-0.1, -0.05) is 6.92 Å². The van der Waals surface area contributed by atoms with Crippen molar-refractivity contribution in [3.05, 3.63) is 29.1 Å². The van der Waals surface area contributed by atoms with Crippen molar-refractivity contribution in [3.8, 4) is 5.75 Å². The summed E-state index contributed by atoms with van der Waals surface area (Å²) in [6.07, 6.45) is 0.793. The minimum Gasteiger partial charge on any atom is -0.508 e. The van der Waals surface area contributed by atoms with Crippen molar-refractivity contribution >= 4 is 21.8 Å². The summed E-state index contributed by atoms with van der Waals surface area (Å²) in [5.74, 6) is -1.10. The maximum atomic E-state index is 13.3. The Balaban J connectivity index is 0.00000121. The predicted octanol–water partition coefficient (Wildman–Crippen LogP) is 2.88. The van der Waals surface area contributed by atoms with E-state index in [1.54, 1.807) is 0 Å². The monoisotopic (exact) mass is 258 g/mol. The average molecular weight is 258 g/mol. The van der Waals surface area contributed by atoms with Gasteiger partial charge in [-0.2, -0.15) is 0 Å². The molecular formula is C12H16FO3P. The van der Waals surface area contributed by atoms with Crippen LogP contribution in [0, 0.1) is 5.82 Å². The number of carbonyl (C=O) groups excluding carboxylic acids is 2. The standard InChI is InChI=1S/C11H14FO2P.CH2O/c1-3-11(15)8-4-7(6(2)13)9(12)5-10(8)14;1-2/h4-5,11,14H,3,15H2,1-2H3;1H2. The van der Waals surface area contributed by atoms with E-state index in [9.17, 15) is 14.3 Å². The molecule has 0 aliphatic rings. The average Bonchev–Trinajstić information content (AvgIpc) is 2.30. The molecule has 5 heteroatoms. The highest BCUT2D eigenvalue weighted by atomic mass is 31.0. The quantitative estimate of drug-likeness (QED) is 0.670. The van der Waals surface area contributed by atoms with Gasteiger partial charge in [-0.15, -0.1) is 9.24 Å². The van der Waals surface area contributed by atoms with E-state index in [-0.39, 0.29) is 22.8 Å². The molecule has 0 aromatic heterocycles. The van der Waals surface area contributed by atoms with Gasteiger partial charge in [0.25, 0.3) is 0 Å². The topological polar surface area (TPSA) is 54.4 Å². The molecule has 0 heterocycles. The van der Waals surface area contributed by atoms with Crippen LogP contribution < -0.4 is 0 Å². The first-order chi connectivity index (χ1) is 7.97. The molecule has 0 saturated heterocycles. The highest BCUT2D eigenvalue weighted by Gasteiger charge is 2.15. The summed E-state index contributed by atoms with van der Waals surface area (Å²) in [4.78, 5) is 19.1. The molecule has 2 atom stereocenters. The molecule has 1 rings (SSSR count). The van der Waals surface area contributed by atoms with Gasteiger partial charge in [0, 0.05) is 17.3 Å². The minimum absolute atomic E-state index is 0.0312. The molecule has 1 aromatic carbocycles. The van der Waals surface area contributed by atoms with Crippen molar-refractivity contribution in [1.29, 1.82) is 0 Å². The van der Waals surface area contributed by atoms with Gasteiger partial charge in [-0.25, -0.2) is 4.39 Å². The number of ketones is 1. The second-order valence-corrected chi connectivity index (χ2v) is 4.27. The van der Waals surface area contributed by atoms with Crippen LogP contribution in [0.5, 0.6) is 5.75 Å². The second kappa shape index (κ2) is 7.13. The maximum absolute atomic E-state index is 13.3. The van der Waals surface area contributed by atoms with Gasteiger partial charge >= 0.3 is 0 Å². The van der Waals surface area contributed by atoms with Gasteiger partial charge in [0.05, 0.1) is 5.56 Å². The van der Waals surface area contributed by atoms with Gasteiger partial charge in [0.2, 0.25) is 0 Å². The van der Waals surface area contributed by atoms with Crippen LogP contribution in [-0.2, 0) is 4.79 Å². The van der Waals surface area contributed by atoms with Gasteiger partial charge < -0.3 is 9.90 Å². The Hall–Kier alpha value is -1.28. The fraction of sp³-hybridized carbons (Fsp3) is 0.333. The Kier molecular flexibility index (Phi) is 6.59. The summed E-state index contributed by atoms with van der Waals surface area (Å²) in [5.41, 5.74) is 0.654. The van der Waals surface area contributed by atoms with Crippen LogP contribution in [0.2, 0.25) is 0 Å². The van der Waals surface area contributed by atoms with Crippen LogP contribution in [0.3, 0.4) is 0 Å². The Labute approximate surface area is 102 Å². The van der Waals surface area contributed by atoms with Crippen LogP contribution in [0.15, 0.2) is 12.1 Å². The van der Waals surface area contributed by atoms with Gasteiger partial charge in [-0.3, -0.25) is 4.79 Å². The molecule has 0 radical (unpaired) electrons. The zero-order valence-corrected chi connectivity index (χ0v) is 11.0. The first kappa shape index (κ1) is 15.7. The number of rotatable bonds is 3. The molecule has 94 valence electrons. The van der Waals surface area contributed by atoms with Crippen LogP contribution in [-0.4, -0.2) is 17.7 Å². The van der Waals surface area contributed by atoms with Crippen molar-refractivity contribution in [2.45, 2.75) is 25.9 Å². The highest BCUT2D eigenvalue weighted by Crippen LogP contribution is 2.34. The summed E-state index contributed by atoms with van der Waals surface area (Å²) in [7, 11) is 2.56. The number of halogens is 1. The largest absolute Gasteiger partial charge is 0.508 e. The number of hydrogen-bond donors (Lipinski definition) is 1. The molecule has 0 saturated carbocycles. The summed E-state index contributed by atoms with van der Waals surface area (Å²) in [6.45, 7) is 5.26. The van der Waals surface area contributed by atoms with E-state index in [0.717, 1.165) is 12.5 Å². The van der Waals surface area contributed by atoms with Crippen molar-refractivity contribution in [1.82, 2.24) is 0 Å². The van der Waals surface area contributed by atoms with E-state index in [4.69, 9.17) is 4.79 Å². The van der Waals surface area contributed by atoms with Crippen LogP contribution in [0.4, 0.5) is 4.39 Å². The summed E-state index contributed by atoms with van der Waals surface area (Å²) in [5, 5.41) is 9.53. The third kappa shape index (κ3) is 3.90. The smallest absolute Gasteiger partial charge is 0.162 e. The molecule has 1 N–H and O–H groups in total. The number of Topliss-reactive ketones (excluding diaryl/α,β-unsaturated/α-hetero) is 1. The SMILES string of the molecule is C=O.CCC(P)c1cc(C(C)=O)c(F)cc1O. The molecule has 3 nitrogen and oxygen atoms in total. The summed E-state index contributed by atoms with van der Waals surface area (Å²) >= 11 is 0. The predicted molar refractivity (Wildman–Crippen MR) is 67.9 cm³/mol. The van der Waals surface area contributed by atoms with E-state index in [0.29, 0.717) is 5.56 Å². The molecule has 2 unspecified atom stereocenters. The van der Waals surface area contributed by atoms with Gasteiger partial charge in [-0.05, 0) is 19.4 Å². The molecule has 0 aliphatic carbocycles. The Morgan fingerprint density at radius 1 is 1.53 bits per heavy atom. The fourth-order valence-electron chi connectivity index (χ4n) is 1.37. The minimum atomic E-state index is -0.669. The fourth-order valence-corrected chi connectivity index (χ4v) is 1.63. The van der Waals surface area contributed by atoms with E-state index in [1.165, 1.54) is 13.0 Å². The van der Waals surface area contributed by atoms with Crippen LogP contribution in [0.25, 0.3) is 0 Å². The Morgan fingerprint density at radius 2 is 2.06 bits per heavy atom. The van der Waals surface area contributed by atoms with Crippen molar-refractivity contribution in [2.75, 3.05) is 0 Å². The Morgan fingerprint density at radius 3 is 2.47 bits per heavy atom. The normalized spacial score (nSPS) is 11.3.